The number of benzene rings is 1. The number of nitrogens with zero attached hydrogens (tertiary/aromatic N) is 1. The van der Waals surface area contributed by atoms with Gasteiger partial charge in [0.2, 0.25) is 0 Å². The smallest absolute Gasteiger partial charge is 0.310 e. The molecule has 5 nitrogen and oxygen atoms in total. The highest BCUT2D eigenvalue weighted by Crippen LogP contribution is 2.26. The summed E-state index contributed by atoms with van der Waals surface area (Å²) in [5, 5.41) is 19.2. The molecule has 0 aromatic heterocycles. The van der Waals surface area contributed by atoms with Gasteiger partial charge in [0.15, 0.2) is 0 Å². The molecule has 1 atom stereocenters. The molecule has 0 fully saturated rings. The van der Waals surface area contributed by atoms with Crippen molar-refractivity contribution in [3.05, 3.63) is 33.9 Å². The predicted octanol–water partition coefficient (Wildman–Crippen LogP) is 2.07. The van der Waals surface area contributed by atoms with E-state index in [1.807, 2.05) is 0 Å². The van der Waals surface area contributed by atoms with Crippen LogP contribution in [0, 0.1) is 10.1 Å². The van der Waals surface area contributed by atoms with E-state index in [2.05, 4.69) is 12.6 Å². The average Bonchev–Trinajstić information content (AvgIpc) is 2.15. The fourth-order valence-corrected chi connectivity index (χ4v) is 1.41. The normalized spacial score (nSPS) is 12.1. The third-order valence-corrected chi connectivity index (χ3v) is 2.42. The molecule has 0 saturated heterocycles. The van der Waals surface area contributed by atoms with Crippen LogP contribution in [0.15, 0.2) is 23.1 Å². The van der Waals surface area contributed by atoms with Gasteiger partial charge in [0.05, 0.1) is 15.7 Å². The number of thiol groups is 1. The lowest BCUT2D eigenvalue weighted by atomic mass is 10.0. The van der Waals surface area contributed by atoms with Crippen molar-refractivity contribution in [1.29, 1.82) is 0 Å². The molecule has 0 spiro atoms. The number of aliphatic carboxylic acids is 1. The fourth-order valence-electron chi connectivity index (χ4n) is 1.11. The number of carbonyl (C=O) groups is 1. The van der Waals surface area contributed by atoms with Crippen molar-refractivity contribution >= 4 is 24.3 Å². The van der Waals surface area contributed by atoms with Crippen LogP contribution < -0.4 is 0 Å². The van der Waals surface area contributed by atoms with E-state index in [4.69, 9.17) is 5.11 Å². The largest absolute Gasteiger partial charge is 0.481 e. The summed E-state index contributed by atoms with van der Waals surface area (Å²) in [6.45, 7) is 1.51. The maximum atomic E-state index is 10.7. The second-order valence-corrected chi connectivity index (χ2v) is 3.55. The molecule has 1 unspecified atom stereocenters. The zero-order valence-corrected chi connectivity index (χ0v) is 8.77. The van der Waals surface area contributed by atoms with E-state index in [1.54, 1.807) is 0 Å². The van der Waals surface area contributed by atoms with Gasteiger partial charge in [-0.2, -0.15) is 0 Å². The average molecular weight is 227 g/mol. The molecule has 1 aromatic rings. The Morgan fingerprint density at radius 1 is 1.60 bits per heavy atom. The number of nitro groups is 1. The lowest BCUT2D eigenvalue weighted by Crippen LogP contribution is -2.07. The summed E-state index contributed by atoms with van der Waals surface area (Å²) in [6, 6.07) is 4.09. The molecule has 1 N–H and O–H groups in total. The Morgan fingerprint density at radius 2 is 2.20 bits per heavy atom. The molecule has 6 heteroatoms. The zero-order valence-electron chi connectivity index (χ0n) is 7.88. The first-order valence-corrected chi connectivity index (χ1v) is 4.58. The number of rotatable bonds is 3. The van der Waals surface area contributed by atoms with Crippen LogP contribution in [0.4, 0.5) is 5.69 Å². The van der Waals surface area contributed by atoms with E-state index in [1.165, 1.54) is 25.1 Å². The van der Waals surface area contributed by atoms with Gasteiger partial charge in [-0.1, -0.05) is 6.07 Å². The summed E-state index contributed by atoms with van der Waals surface area (Å²) in [6.07, 6.45) is 0. The second-order valence-electron chi connectivity index (χ2n) is 3.07. The SMILES string of the molecule is CC(C(=O)O)c1ccc([N+](=O)[O-])c(S)c1. The van der Waals surface area contributed by atoms with Gasteiger partial charge in [0.1, 0.15) is 0 Å². The van der Waals surface area contributed by atoms with Crippen molar-refractivity contribution in [2.75, 3.05) is 0 Å². The summed E-state index contributed by atoms with van der Waals surface area (Å²) in [7, 11) is 0. The Kier molecular flexibility index (Phi) is 3.31. The predicted molar refractivity (Wildman–Crippen MR) is 56.4 cm³/mol. The number of carboxylic acids is 1. The second kappa shape index (κ2) is 4.31. The van der Waals surface area contributed by atoms with Crippen molar-refractivity contribution < 1.29 is 14.8 Å². The van der Waals surface area contributed by atoms with Gasteiger partial charge in [0, 0.05) is 6.07 Å². The zero-order chi connectivity index (χ0) is 11.6. The van der Waals surface area contributed by atoms with E-state index < -0.39 is 16.8 Å². The molecule has 0 aliphatic carbocycles. The van der Waals surface area contributed by atoms with E-state index in [0.717, 1.165) is 0 Å². The van der Waals surface area contributed by atoms with Crippen LogP contribution in [0.3, 0.4) is 0 Å². The van der Waals surface area contributed by atoms with E-state index in [0.29, 0.717) is 5.56 Å². The molecule has 1 aromatic carbocycles. The number of nitro benzene ring substituents is 1. The first kappa shape index (κ1) is 11.5. The van der Waals surface area contributed by atoms with Gasteiger partial charge in [-0.3, -0.25) is 14.9 Å². The number of carboxylic acid groups (broad SMARTS) is 1. The van der Waals surface area contributed by atoms with Crippen molar-refractivity contribution in [3.8, 4) is 0 Å². The topological polar surface area (TPSA) is 80.4 Å². The molecule has 0 heterocycles. The highest BCUT2D eigenvalue weighted by atomic mass is 32.1. The lowest BCUT2D eigenvalue weighted by molar-refractivity contribution is -0.387. The minimum Gasteiger partial charge on any atom is -0.481 e. The Bertz CT molecular complexity index is 419. The fraction of sp³-hybridized carbons (Fsp3) is 0.222. The summed E-state index contributed by atoms with van der Waals surface area (Å²) >= 11 is 3.94. The van der Waals surface area contributed by atoms with Crippen molar-refractivity contribution in [2.24, 2.45) is 0 Å². The first-order valence-electron chi connectivity index (χ1n) is 4.13. The third kappa shape index (κ3) is 2.47. The van der Waals surface area contributed by atoms with Gasteiger partial charge in [-0.15, -0.1) is 12.6 Å². The molecule has 0 amide bonds. The first-order chi connectivity index (χ1) is 6.93. The van der Waals surface area contributed by atoms with E-state index >= 15 is 0 Å². The summed E-state index contributed by atoms with van der Waals surface area (Å²) in [5.74, 6) is -1.67. The standard InChI is InChI=1S/C9H9NO4S/c1-5(9(11)12)6-2-3-7(10(13)14)8(15)4-6/h2-5,15H,1H3,(H,11,12). The molecule has 0 radical (unpaired) electrons. The van der Waals surface area contributed by atoms with Crippen LogP contribution in [0.2, 0.25) is 0 Å². The highest BCUT2D eigenvalue weighted by molar-refractivity contribution is 7.80. The van der Waals surface area contributed by atoms with Crippen LogP contribution in [0.25, 0.3) is 0 Å². The van der Waals surface area contributed by atoms with Crippen molar-refractivity contribution in [3.63, 3.8) is 0 Å². The van der Waals surface area contributed by atoms with Crippen LogP contribution in [-0.4, -0.2) is 16.0 Å². The Balaban J connectivity index is 3.12. The van der Waals surface area contributed by atoms with E-state index in [9.17, 15) is 14.9 Å². The van der Waals surface area contributed by atoms with Crippen molar-refractivity contribution in [1.82, 2.24) is 0 Å². The minimum atomic E-state index is -0.975. The summed E-state index contributed by atoms with van der Waals surface area (Å²) < 4.78 is 0. The maximum Gasteiger partial charge on any atom is 0.310 e. The van der Waals surface area contributed by atoms with Gasteiger partial charge >= 0.3 is 5.97 Å². The summed E-state index contributed by atoms with van der Waals surface area (Å²) in [5.41, 5.74) is 0.373. The van der Waals surface area contributed by atoms with Crippen LogP contribution >= 0.6 is 12.6 Å². The quantitative estimate of drug-likeness (QED) is 0.470. The minimum absolute atomic E-state index is 0.125. The maximum absolute atomic E-state index is 10.7. The molecule has 0 saturated carbocycles. The number of hydrogen-bond acceptors (Lipinski definition) is 4. The molecular weight excluding hydrogens is 218 g/mol. The third-order valence-electron chi connectivity index (χ3n) is 2.07. The van der Waals surface area contributed by atoms with Gasteiger partial charge in [0.25, 0.3) is 5.69 Å². The molecule has 15 heavy (non-hydrogen) atoms. The summed E-state index contributed by atoms with van der Waals surface area (Å²) in [4.78, 5) is 20.8. The van der Waals surface area contributed by atoms with Crippen LogP contribution in [-0.2, 0) is 4.79 Å². The molecule has 0 aliphatic heterocycles. The van der Waals surface area contributed by atoms with Crippen molar-refractivity contribution in [2.45, 2.75) is 17.7 Å². The highest BCUT2D eigenvalue weighted by Gasteiger charge is 2.17. The van der Waals surface area contributed by atoms with Crippen LogP contribution in [0.5, 0.6) is 0 Å². The molecule has 80 valence electrons. The Labute approximate surface area is 91.3 Å². The number of hydrogen-bond donors (Lipinski definition) is 2. The molecule has 0 aliphatic rings. The Morgan fingerprint density at radius 3 is 2.60 bits per heavy atom. The monoisotopic (exact) mass is 227 g/mol. The van der Waals surface area contributed by atoms with Gasteiger partial charge in [-0.05, 0) is 18.6 Å². The molecular formula is C9H9NO4S. The van der Waals surface area contributed by atoms with Gasteiger partial charge in [-0.25, -0.2) is 0 Å². The Hall–Kier alpha value is -1.56. The van der Waals surface area contributed by atoms with Gasteiger partial charge < -0.3 is 5.11 Å². The van der Waals surface area contributed by atoms with E-state index in [-0.39, 0.29) is 10.6 Å². The molecule has 0 bridgehead atoms. The lowest BCUT2D eigenvalue weighted by Gasteiger charge is -2.06. The van der Waals surface area contributed by atoms with Crippen LogP contribution in [0.1, 0.15) is 18.4 Å². The molecule has 1 rings (SSSR count).